The van der Waals surface area contributed by atoms with Crippen LogP contribution in [0.15, 0.2) is 0 Å². The van der Waals surface area contributed by atoms with E-state index in [1.807, 2.05) is 0 Å². The van der Waals surface area contributed by atoms with Gasteiger partial charge in [0.05, 0.1) is 0 Å². The van der Waals surface area contributed by atoms with E-state index in [1.165, 1.54) is 37.2 Å². The van der Waals surface area contributed by atoms with Crippen LogP contribution in [0.25, 0.3) is 0 Å². The van der Waals surface area contributed by atoms with E-state index < -0.39 is 0 Å². The zero-order valence-corrected chi connectivity index (χ0v) is 8.70. The highest BCUT2D eigenvalue weighted by Gasteiger charge is 2.48. The summed E-state index contributed by atoms with van der Waals surface area (Å²) in [6.45, 7) is 2.29. The monoisotopic (exact) mass is 185 g/mol. The standard InChI is InChI=1S/C10H19NS/c1-8-6-10(8,11)7-9-2-4-12-5-3-9/h8-9H,2-7,11H2,1H3. The van der Waals surface area contributed by atoms with Crippen LogP contribution in [-0.2, 0) is 0 Å². The van der Waals surface area contributed by atoms with Crippen LogP contribution in [-0.4, -0.2) is 17.0 Å². The van der Waals surface area contributed by atoms with E-state index in [2.05, 4.69) is 18.7 Å². The molecule has 0 aromatic rings. The van der Waals surface area contributed by atoms with Gasteiger partial charge in [0.25, 0.3) is 0 Å². The van der Waals surface area contributed by atoms with Gasteiger partial charge in [0.15, 0.2) is 0 Å². The molecule has 2 unspecified atom stereocenters. The molecule has 0 bridgehead atoms. The van der Waals surface area contributed by atoms with E-state index in [9.17, 15) is 0 Å². The SMILES string of the molecule is CC1CC1(N)CC1CCSCC1. The first-order valence-electron chi connectivity index (χ1n) is 5.07. The molecule has 2 aliphatic rings. The Bertz CT molecular complexity index is 165. The molecule has 2 atom stereocenters. The van der Waals surface area contributed by atoms with Crippen LogP contribution >= 0.6 is 11.8 Å². The summed E-state index contributed by atoms with van der Waals surface area (Å²) in [5.74, 6) is 4.48. The molecule has 0 aromatic carbocycles. The number of nitrogens with two attached hydrogens (primary N) is 1. The van der Waals surface area contributed by atoms with Crippen molar-refractivity contribution in [3.05, 3.63) is 0 Å². The van der Waals surface area contributed by atoms with Gasteiger partial charge in [0.1, 0.15) is 0 Å². The Hall–Kier alpha value is 0.310. The van der Waals surface area contributed by atoms with Crippen LogP contribution in [0.1, 0.15) is 32.6 Å². The van der Waals surface area contributed by atoms with E-state index in [0.717, 1.165) is 11.8 Å². The first-order chi connectivity index (χ1) is 5.71. The predicted molar refractivity (Wildman–Crippen MR) is 55.4 cm³/mol. The largest absolute Gasteiger partial charge is 0.325 e. The molecule has 0 aromatic heterocycles. The van der Waals surface area contributed by atoms with E-state index in [4.69, 9.17) is 5.73 Å². The predicted octanol–water partition coefficient (Wildman–Crippen LogP) is 2.26. The fraction of sp³-hybridized carbons (Fsp3) is 1.00. The summed E-state index contributed by atoms with van der Waals surface area (Å²) in [6.07, 6.45) is 5.40. The van der Waals surface area contributed by atoms with Crippen LogP contribution < -0.4 is 5.73 Å². The molecular formula is C10H19NS. The Balaban J connectivity index is 1.78. The quantitative estimate of drug-likeness (QED) is 0.714. The summed E-state index contributed by atoms with van der Waals surface area (Å²) in [5.41, 5.74) is 6.47. The molecule has 0 spiro atoms. The van der Waals surface area contributed by atoms with Crippen molar-refractivity contribution in [3.63, 3.8) is 0 Å². The normalized spacial score (nSPS) is 43.0. The van der Waals surface area contributed by atoms with Crippen LogP contribution in [0.3, 0.4) is 0 Å². The molecule has 2 heteroatoms. The van der Waals surface area contributed by atoms with Gasteiger partial charge in [-0.05, 0) is 49.0 Å². The minimum Gasteiger partial charge on any atom is -0.325 e. The maximum Gasteiger partial charge on any atom is 0.0186 e. The molecule has 1 saturated carbocycles. The molecule has 0 radical (unpaired) electrons. The van der Waals surface area contributed by atoms with Crippen LogP contribution in [0.4, 0.5) is 0 Å². The Labute approximate surface area is 79.5 Å². The molecule has 1 nitrogen and oxygen atoms in total. The molecule has 1 saturated heterocycles. The summed E-state index contributed by atoms with van der Waals surface area (Å²) < 4.78 is 0. The van der Waals surface area contributed by atoms with Gasteiger partial charge in [-0.15, -0.1) is 0 Å². The number of hydrogen-bond acceptors (Lipinski definition) is 2. The average molecular weight is 185 g/mol. The third kappa shape index (κ3) is 1.80. The fourth-order valence-corrected chi connectivity index (χ4v) is 3.49. The maximum atomic E-state index is 6.21. The van der Waals surface area contributed by atoms with Gasteiger partial charge < -0.3 is 5.73 Å². The lowest BCUT2D eigenvalue weighted by atomic mass is 9.92. The molecule has 1 heterocycles. The van der Waals surface area contributed by atoms with E-state index in [0.29, 0.717) is 0 Å². The lowest BCUT2D eigenvalue weighted by Crippen LogP contribution is -2.29. The minimum absolute atomic E-state index is 0.257. The first kappa shape index (κ1) is 8.89. The van der Waals surface area contributed by atoms with Crippen molar-refractivity contribution in [2.24, 2.45) is 17.6 Å². The smallest absolute Gasteiger partial charge is 0.0186 e. The highest BCUT2D eigenvalue weighted by Crippen LogP contribution is 2.46. The molecule has 0 amide bonds. The number of rotatable bonds is 2. The van der Waals surface area contributed by atoms with E-state index >= 15 is 0 Å². The van der Waals surface area contributed by atoms with Crippen molar-refractivity contribution in [2.75, 3.05) is 11.5 Å². The Morgan fingerprint density at radius 1 is 1.42 bits per heavy atom. The summed E-state index contributed by atoms with van der Waals surface area (Å²) >= 11 is 2.11. The van der Waals surface area contributed by atoms with Gasteiger partial charge >= 0.3 is 0 Å². The second-order valence-electron chi connectivity index (χ2n) is 4.60. The molecular weight excluding hydrogens is 166 g/mol. The topological polar surface area (TPSA) is 26.0 Å². The molecule has 2 rings (SSSR count). The lowest BCUT2D eigenvalue weighted by molar-refractivity contribution is 0.385. The maximum absolute atomic E-state index is 6.21. The zero-order valence-electron chi connectivity index (χ0n) is 7.88. The molecule has 2 N–H and O–H groups in total. The highest BCUT2D eigenvalue weighted by molar-refractivity contribution is 7.99. The molecule has 1 aliphatic carbocycles. The average Bonchev–Trinajstić information content (AvgIpc) is 2.61. The molecule has 2 fully saturated rings. The third-order valence-electron chi connectivity index (χ3n) is 3.52. The van der Waals surface area contributed by atoms with Gasteiger partial charge in [-0.25, -0.2) is 0 Å². The van der Waals surface area contributed by atoms with E-state index in [1.54, 1.807) is 0 Å². The minimum atomic E-state index is 0.257. The third-order valence-corrected chi connectivity index (χ3v) is 4.57. The first-order valence-corrected chi connectivity index (χ1v) is 6.23. The zero-order chi connectivity index (χ0) is 8.60. The Morgan fingerprint density at radius 3 is 2.50 bits per heavy atom. The van der Waals surface area contributed by atoms with Crippen LogP contribution in [0.2, 0.25) is 0 Å². The van der Waals surface area contributed by atoms with Crippen LogP contribution in [0.5, 0.6) is 0 Å². The lowest BCUT2D eigenvalue weighted by Gasteiger charge is -2.24. The van der Waals surface area contributed by atoms with Crippen molar-refractivity contribution < 1.29 is 0 Å². The summed E-state index contributed by atoms with van der Waals surface area (Å²) in [4.78, 5) is 0. The molecule has 70 valence electrons. The van der Waals surface area contributed by atoms with Crippen molar-refractivity contribution >= 4 is 11.8 Å². The van der Waals surface area contributed by atoms with Crippen molar-refractivity contribution in [1.29, 1.82) is 0 Å². The van der Waals surface area contributed by atoms with Gasteiger partial charge in [-0.3, -0.25) is 0 Å². The number of thioether (sulfide) groups is 1. The highest BCUT2D eigenvalue weighted by atomic mass is 32.2. The van der Waals surface area contributed by atoms with Crippen molar-refractivity contribution in [2.45, 2.75) is 38.1 Å². The fourth-order valence-electron chi connectivity index (χ4n) is 2.28. The Morgan fingerprint density at radius 2 is 2.00 bits per heavy atom. The van der Waals surface area contributed by atoms with Gasteiger partial charge in [0.2, 0.25) is 0 Å². The molecule has 12 heavy (non-hydrogen) atoms. The Kier molecular flexibility index (Phi) is 2.39. The molecule has 1 aliphatic heterocycles. The summed E-state index contributed by atoms with van der Waals surface area (Å²) in [6, 6.07) is 0. The van der Waals surface area contributed by atoms with Crippen molar-refractivity contribution in [1.82, 2.24) is 0 Å². The van der Waals surface area contributed by atoms with Crippen LogP contribution in [0, 0.1) is 11.8 Å². The summed E-state index contributed by atoms with van der Waals surface area (Å²) in [7, 11) is 0. The van der Waals surface area contributed by atoms with Gasteiger partial charge in [-0.2, -0.15) is 11.8 Å². The van der Waals surface area contributed by atoms with E-state index in [-0.39, 0.29) is 5.54 Å². The summed E-state index contributed by atoms with van der Waals surface area (Å²) in [5, 5.41) is 0. The second kappa shape index (κ2) is 3.22. The van der Waals surface area contributed by atoms with Gasteiger partial charge in [0, 0.05) is 5.54 Å². The number of hydrogen-bond donors (Lipinski definition) is 1. The second-order valence-corrected chi connectivity index (χ2v) is 5.82. The van der Waals surface area contributed by atoms with Gasteiger partial charge in [-0.1, -0.05) is 6.92 Å². The van der Waals surface area contributed by atoms with Crippen molar-refractivity contribution in [3.8, 4) is 0 Å².